The monoisotopic (exact) mass is 284 g/mol. The molecule has 0 aliphatic carbocycles. The number of rotatable bonds is 2. The van der Waals surface area contributed by atoms with E-state index in [0.29, 0.717) is 21.2 Å². The van der Waals surface area contributed by atoms with E-state index in [1.165, 1.54) is 18.2 Å². The van der Waals surface area contributed by atoms with Crippen molar-refractivity contribution in [2.24, 2.45) is 0 Å². The van der Waals surface area contributed by atoms with Crippen LogP contribution >= 0.6 is 23.2 Å². The SMILES string of the molecule is CC(O)(c1cccc(Cl)c1)c1cc(F)ccc1Cl. The molecule has 18 heavy (non-hydrogen) atoms. The van der Waals surface area contributed by atoms with Crippen LogP contribution in [0.15, 0.2) is 42.5 Å². The van der Waals surface area contributed by atoms with Crippen molar-refractivity contribution < 1.29 is 9.50 Å². The van der Waals surface area contributed by atoms with Crippen molar-refractivity contribution in [3.63, 3.8) is 0 Å². The third-order valence-electron chi connectivity index (χ3n) is 2.84. The molecule has 2 aromatic rings. The van der Waals surface area contributed by atoms with E-state index in [9.17, 15) is 9.50 Å². The van der Waals surface area contributed by atoms with Gasteiger partial charge in [-0.3, -0.25) is 0 Å². The molecule has 0 saturated carbocycles. The highest BCUT2D eigenvalue weighted by Crippen LogP contribution is 2.35. The smallest absolute Gasteiger partial charge is 0.123 e. The van der Waals surface area contributed by atoms with Gasteiger partial charge in [-0.25, -0.2) is 4.39 Å². The first kappa shape index (κ1) is 13.3. The minimum atomic E-state index is -1.40. The summed E-state index contributed by atoms with van der Waals surface area (Å²) < 4.78 is 13.3. The summed E-state index contributed by atoms with van der Waals surface area (Å²) in [4.78, 5) is 0. The number of halogens is 3. The lowest BCUT2D eigenvalue weighted by Gasteiger charge is -2.25. The van der Waals surface area contributed by atoms with E-state index in [1.54, 1.807) is 31.2 Å². The molecule has 94 valence electrons. The maximum Gasteiger partial charge on any atom is 0.123 e. The average Bonchev–Trinajstić information content (AvgIpc) is 2.32. The van der Waals surface area contributed by atoms with Crippen molar-refractivity contribution in [3.8, 4) is 0 Å². The third kappa shape index (κ3) is 2.51. The molecule has 0 aromatic heterocycles. The van der Waals surface area contributed by atoms with Gasteiger partial charge in [-0.15, -0.1) is 0 Å². The van der Waals surface area contributed by atoms with Crippen LogP contribution < -0.4 is 0 Å². The number of hydrogen-bond donors (Lipinski definition) is 1. The highest BCUT2D eigenvalue weighted by atomic mass is 35.5. The molecule has 0 fully saturated rings. The Hall–Kier alpha value is -1.09. The molecule has 0 aliphatic rings. The maximum atomic E-state index is 13.3. The van der Waals surface area contributed by atoms with Crippen LogP contribution in [0.3, 0.4) is 0 Å². The Morgan fingerprint density at radius 1 is 1.11 bits per heavy atom. The van der Waals surface area contributed by atoms with Gasteiger partial charge >= 0.3 is 0 Å². The van der Waals surface area contributed by atoms with Gasteiger partial charge in [-0.05, 0) is 42.8 Å². The van der Waals surface area contributed by atoms with Crippen LogP contribution in [-0.2, 0) is 5.60 Å². The minimum Gasteiger partial charge on any atom is -0.381 e. The topological polar surface area (TPSA) is 20.2 Å². The molecule has 4 heteroatoms. The maximum absolute atomic E-state index is 13.3. The second-order valence-electron chi connectivity index (χ2n) is 4.21. The summed E-state index contributed by atoms with van der Waals surface area (Å²) in [7, 11) is 0. The van der Waals surface area contributed by atoms with E-state index >= 15 is 0 Å². The molecule has 1 atom stereocenters. The molecule has 2 rings (SSSR count). The zero-order valence-electron chi connectivity index (χ0n) is 9.62. The van der Waals surface area contributed by atoms with Crippen molar-refractivity contribution in [1.82, 2.24) is 0 Å². The van der Waals surface area contributed by atoms with Gasteiger partial charge in [0.15, 0.2) is 0 Å². The predicted molar refractivity (Wildman–Crippen MR) is 71.5 cm³/mol. The summed E-state index contributed by atoms with van der Waals surface area (Å²) in [6, 6.07) is 10.7. The molecule has 0 bridgehead atoms. The number of benzene rings is 2. The summed E-state index contributed by atoms with van der Waals surface area (Å²) >= 11 is 11.9. The fourth-order valence-corrected chi connectivity index (χ4v) is 2.31. The molecular weight excluding hydrogens is 274 g/mol. The number of aliphatic hydroxyl groups is 1. The van der Waals surface area contributed by atoms with Crippen LogP contribution in [0.25, 0.3) is 0 Å². The van der Waals surface area contributed by atoms with Crippen molar-refractivity contribution in [2.45, 2.75) is 12.5 Å². The van der Waals surface area contributed by atoms with Gasteiger partial charge in [0.1, 0.15) is 11.4 Å². The normalized spacial score (nSPS) is 14.3. The molecule has 1 nitrogen and oxygen atoms in total. The lowest BCUT2D eigenvalue weighted by molar-refractivity contribution is 0.102. The lowest BCUT2D eigenvalue weighted by atomic mass is 9.88. The second-order valence-corrected chi connectivity index (χ2v) is 5.05. The van der Waals surface area contributed by atoms with E-state index in [-0.39, 0.29) is 0 Å². The van der Waals surface area contributed by atoms with Gasteiger partial charge in [0.2, 0.25) is 0 Å². The molecule has 2 aromatic carbocycles. The zero-order chi connectivity index (χ0) is 13.3. The van der Waals surface area contributed by atoms with Gasteiger partial charge in [0.05, 0.1) is 0 Å². The second kappa shape index (κ2) is 4.88. The van der Waals surface area contributed by atoms with Crippen molar-refractivity contribution in [1.29, 1.82) is 0 Å². The van der Waals surface area contributed by atoms with Crippen LogP contribution in [0, 0.1) is 5.82 Å². The number of hydrogen-bond acceptors (Lipinski definition) is 1. The van der Waals surface area contributed by atoms with Gasteiger partial charge in [-0.1, -0.05) is 35.3 Å². The van der Waals surface area contributed by atoms with Crippen LogP contribution in [0.1, 0.15) is 18.1 Å². The fraction of sp³-hybridized carbons (Fsp3) is 0.143. The Balaban J connectivity index is 2.57. The minimum absolute atomic E-state index is 0.307. The van der Waals surface area contributed by atoms with Gasteiger partial charge < -0.3 is 5.11 Å². The average molecular weight is 285 g/mol. The molecule has 0 saturated heterocycles. The van der Waals surface area contributed by atoms with E-state index in [0.717, 1.165) is 0 Å². The Kier molecular flexibility index (Phi) is 3.62. The molecule has 1 unspecified atom stereocenters. The fourth-order valence-electron chi connectivity index (χ4n) is 1.82. The summed E-state index contributed by atoms with van der Waals surface area (Å²) in [6.45, 7) is 1.55. The Bertz CT molecular complexity index is 582. The largest absolute Gasteiger partial charge is 0.381 e. The highest BCUT2D eigenvalue weighted by molar-refractivity contribution is 6.31. The highest BCUT2D eigenvalue weighted by Gasteiger charge is 2.28. The standard InChI is InChI=1S/C14H11Cl2FO/c1-14(18,9-3-2-4-10(15)7-9)12-8-11(17)5-6-13(12)16/h2-8,18H,1H3. The van der Waals surface area contributed by atoms with E-state index in [2.05, 4.69) is 0 Å². The summed E-state index contributed by atoms with van der Waals surface area (Å²) in [5, 5.41) is 11.4. The van der Waals surface area contributed by atoms with Crippen LogP contribution in [0.5, 0.6) is 0 Å². The zero-order valence-corrected chi connectivity index (χ0v) is 11.1. The first-order valence-electron chi connectivity index (χ1n) is 5.35. The van der Waals surface area contributed by atoms with E-state index in [4.69, 9.17) is 23.2 Å². The van der Waals surface area contributed by atoms with Gasteiger partial charge in [-0.2, -0.15) is 0 Å². The molecule has 0 amide bonds. The van der Waals surface area contributed by atoms with E-state index < -0.39 is 11.4 Å². The molecule has 0 heterocycles. The summed E-state index contributed by atoms with van der Waals surface area (Å²) in [5.41, 5.74) is -0.529. The molecule has 0 aliphatic heterocycles. The summed E-state index contributed by atoms with van der Waals surface area (Å²) in [5.74, 6) is -0.447. The third-order valence-corrected chi connectivity index (χ3v) is 3.40. The first-order valence-corrected chi connectivity index (χ1v) is 6.11. The Labute approximate surface area is 115 Å². The molecule has 1 N–H and O–H groups in total. The Morgan fingerprint density at radius 3 is 2.50 bits per heavy atom. The lowest BCUT2D eigenvalue weighted by Crippen LogP contribution is -2.23. The predicted octanol–water partition coefficient (Wildman–Crippen LogP) is 4.39. The van der Waals surface area contributed by atoms with Crippen LogP contribution in [0.2, 0.25) is 10.0 Å². The molecular formula is C14H11Cl2FO. The van der Waals surface area contributed by atoms with Crippen molar-refractivity contribution in [2.75, 3.05) is 0 Å². The van der Waals surface area contributed by atoms with Crippen LogP contribution in [-0.4, -0.2) is 5.11 Å². The summed E-state index contributed by atoms with van der Waals surface area (Å²) in [6.07, 6.45) is 0. The Morgan fingerprint density at radius 2 is 1.83 bits per heavy atom. The van der Waals surface area contributed by atoms with Crippen molar-refractivity contribution >= 4 is 23.2 Å². The van der Waals surface area contributed by atoms with Gasteiger partial charge in [0, 0.05) is 15.6 Å². The van der Waals surface area contributed by atoms with Crippen molar-refractivity contribution in [3.05, 3.63) is 69.5 Å². The van der Waals surface area contributed by atoms with Gasteiger partial charge in [0.25, 0.3) is 0 Å². The first-order chi connectivity index (χ1) is 8.41. The van der Waals surface area contributed by atoms with Crippen LogP contribution in [0.4, 0.5) is 4.39 Å². The molecule has 0 spiro atoms. The van der Waals surface area contributed by atoms with E-state index in [1.807, 2.05) is 0 Å². The quantitative estimate of drug-likeness (QED) is 0.867. The molecule has 0 radical (unpaired) electrons.